The average molecular weight is 390 g/mol. The molecule has 0 atom stereocenters. The van der Waals surface area contributed by atoms with E-state index in [2.05, 4.69) is 31.2 Å². The van der Waals surface area contributed by atoms with Gasteiger partial charge in [-0.3, -0.25) is 10.1 Å². The van der Waals surface area contributed by atoms with Crippen LogP contribution in [0.25, 0.3) is 20.4 Å². The van der Waals surface area contributed by atoms with Crippen LogP contribution in [0.4, 0.5) is 5.13 Å². The fourth-order valence-corrected chi connectivity index (χ4v) is 4.45. The maximum Gasteiger partial charge on any atom is 0.257 e. The Kier molecular flexibility index (Phi) is 3.40. The van der Waals surface area contributed by atoms with Crippen molar-refractivity contribution in [2.24, 2.45) is 0 Å². The number of halogens is 1. The summed E-state index contributed by atoms with van der Waals surface area (Å²) in [5.74, 6) is -0.166. The molecule has 0 fully saturated rings. The van der Waals surface area contributed by atoms with Gasteiger partial charge in [0.1, 0.15) is 0 Å². The summed E-state index contributed by atoms with van der Waals surface area (Å²) in [6.45, 7) is 0. The quantitative estimate of drug-likeness (QED) is 0.529. The lowest BCUT2D eigenvalue weighted by Gasteiger charge is -2.01. The first-order valence-corrected chi connectivity index (χ1v) is 8.89. The zero-order valence-electron chi connectivity index (χ0n) is 11.0. The summed E-state index contributed by atoms with van der Waals surface area (Å²) in [5.41, 5.74) is 4.26. The van der Waals surface area contributed by atoms with Crippen molar-refractivity contribution in [3.8, 4) is 0 Å². The van der Waals surface area contributed by atoms with Gasteiger partial charge in [0.15, 0.2) is 5.13 Å². The second-order valence-corrected chi connectivity index (χ2v) is 7.37. The molecule has 0 aliphatic rings. The lowest BCUT2D eigenvalue weighted by molar-refractivity contribution is 0.102. The van der Waals surface area contributed by atoms with E-state index in [4.69, 9.17) is 0 Å². The smallest absolute Gasteiger partial charge is 0.257 e. The van der Waals surface area contributed by atoms with Crippen LogP contribution in [-0.4, -0.2) is 15.9 Å². The molecular weight excluding hydrogens is 382 g/mol. The molecule has 0 radical (unpaired) electrons. The Bertz CT molecular complexity index is 1010. The number of thiazole rings is 2. The first kappa shape index (κ1) is 13.8. The standard InChI is InChI=1S/C15H8BrN3OS2/c16-9-3-1-2-8(6-9)14(20)19-15-18-11-5-4-10-12(13(11)22-15)21-7-17-10/h1-7H,(H,18,19,20). The van der Waals surface area contributed by atoms with Gasteiger partial charge in [0.25, 0.3) is 5.91 Å². The van der Waals surface area contributed by atoms with Gasteiger partial charge in [0, 0.05) is 10.0 Å². The van der Waals surface area contributed by atoms with E-state index in [-0.39, 0.29) is 5.91 Å². The van der Waals surface area contributed by atoms with Crippen LogP contribution in [0.15, 0.2) is 46.4 Å². The molecule has 0 aliphatic heterocycles. The Balaban J connectivity index is 1.71. The lowest BCUT2D eigenvalue weighted by atomic mass is 10.2. The third-order valence-electron chi connectivity index (χ3n) is 3.16. The molecule has 1 amide bonds. The van der Waals surface area contributed by atoms with E-state index in [0.717, 1.165) is 24.9 Å². The van der Waals surface area contributed by atoms with Gasteiger partial charge in [0.05, 0.1) is 25.9 Å². The summed E-state index contributed by atoms with van der Waals surface area (Å²) in [5, 5.41) is 3.46. The summed E-state index contributed by atoms with van der Waals surface area (Å²) in [6.07, 6.45) is 0. The molecule has 4 rings (SSSR count). The van der Waals surface area contributed by atoms with Crippen LogP contribution in [0.3, 0.4) is 0 Å². The first-order valence-electron chi connectivity index (χ1n) is 6.40. The van der Waals surface area contributed by atoms with Gasteiger partial charge in [-0.2, -0.15) is 0 Å². The second-order valence-electron chi connectivity index (χ2n) is 4.60. The van der Waals surface area contributed by atoms with Crippen LogP contribution in [0.1, 0.15) is 10.4 Å². The summed E-state index contributed by atoms with van der Waals surface area (Å²) >= 11 is 6.43. The Labute approximate surface area is 142 Å². The largest absolute Gasteiger partial charge is 0.298 e. The summed E-state index contributed by atoms with van der Waals surface area (Å²) in [6, 6.07) is 11.2. The number of fused-ring (bicyclic) bond motifs is 3. The number of hydrogen-bond donors (Lipinski definition) is 1. The predicted molar refractivity (Wildman–Crippen MR) is 94.9 cm³/mol. The normalized spacial score (nSPS) is 11.1. The van der Waals surface area contributed by atoms with Crippen LogP contribution in [-0.2, 0) is 0 Å². The minimum absolute atomic E-state index is 0.166. The van der Waals surface area contributed by atoms with Crippen LogP contribution < -0.4 is 5.32 Å². The molecule has 0 saturated carbocycles. The van der Waals surface area contributed by atoms with Crippen LogP contribution in [0.5, 0.6) is 0 Å². The third kappa shape index (κ3) is 2.41. The number of carbonyl (C=O) groups excluding carboxylic acids is 1. The number of hydrogen-bond acceptors (Lipinski definition) is 5. The Morgan fingerprint density at radius 1 is 1.14 bits per heavy atom. The predicted octanol–water partition coefficient (Wildman–Crippen LogP) is 4.92. The maximum absolute atomic E-state index is 12.3. The maximum atomic E-state index is 12.3. The van der Waals surface area contributed by atoms with Crippen molar-refractivity contribution in [3.05, 3.63) is 51.9 Å². The van der Waals surface area contributed by atoms with Crippen molar-refractivity contribution in [1.82, 2.24) is 9.97 Å². The topological polar surface area (TPSA) is 54.9 Å². The van der Waals surface area contributed by atoms with Gasteiger partial charge in [-0.1, -0.05) is 33.3 Å². The number of nitrogens with one attached hydrogen (secondary N) is 1. The van der Waals surface area contributed by atoms with Gasteiger partial charge in [0.2, 0.25) is 0 Å². The zero-order valence-corrected chi connectivity index (χ0v) is 14.3. The molecule has 0 bridgehead atoms. The summed E-state index contributed by atoms with van der Waals surface area (Å²) in [7, 11) is 0. The highest BCUT2D eigenvalue weighted by Crippen LogP contribution is 2.34. The Hall–Kier alpha value is -1.83. The molecule has 108 valence electrons. The summed E-state index contributed by atoms with van der Waals surface area (Å²) in [4.78, 5) is 21.1. The van der Waals surface area contributed by atoms with Crippen molar-refractivity contribution >= 4 is 70.1 Å². The van der Waals surface area contributed by atoms with E-state index in [0.29, 0.717) is 10.7 Å². The number of anilines is 1. The molecule has 2 aromatic heterocycles. The minimum atomic E-state index is -0.166. The molecular formula is C15H8BrN3OS2. The van der Waals surface area contributed by atoms with Gasteiger partial charge < -0.3 is 0 Å². The number of nitrogens with zero attached hydrogens (tertiary/aromatic N) is 2. The molecule has 2 aromatic carbocycles. The number of amides is 1. The third-order valence-corrected chi connectivity index (χ3v) is 5.65. The van der Waals surface area contributed by atoms with Crippen molar-refractivity contribution in [1.29, 1.82) is 0 Å². The highest BCUT2D eigenvalue weighted by molar-refractivity contribution is 9.10. The van der Waals surface area contributed by atoms with Gasteiger partial charge in [-0.15, -0.1) is 11.3 Å². The molecule has 0 unspecified atom stereocenters. The molecule has 0 saturated heterocycles. The van der Waals surface area contributed by atoms with Crippen LogP contribution in [0, 0.1) is 0 Å². The molecule has 2 heterocycles. The SMILES string of the molecule is O=C(Nc1nc2ccc3ncsc3c2s1)c1cccc(Br)c1. The van der Waals surface area contributed by atoms with Crippen molar-refractivity contribution in [2.75, 3.05) is 5.32 Å². The van der Waals surface area contributed by atoms with Crippen molar-refractivity contribution in [3.63, 3.8) is 0 Å². The number of benzene rings is 2. The molecule has 4 aromatic rings. The van der Waals surface area contributed by atoms with Gasteiger partial charge in [-0.05, 0) is 30.3 Å². The fourth-order valence-electron chi connectivity index (χ4n) is 2.16. The highest BCUT2D eigenvalue weighted by atomic mass is 79.9. The molecule has 22 heavy (non-hydrogen) atoms. The van der Waals surface area contributed by atoms with Crippen LogP contribution >= 0.6 is 38.6 Å². The highest BCUT2D eigenvalue weighted by Gasteiger charge is 2.12. The van der Waals surface area contributed by atoms with E-state index in [9.17, 15) is 4.79 Å². The molecule has 7 heteroatoms. The van der Waals surface area contributed by atoms with Gasteiger partial charge >= 0.3 is 0 Å². The number of aromatic nitrogens is 2. The van der Waals surface area contributed by atoms with Crippen LogP contribution in [0.2, 0.25) is 0 Å². The van der Waals surface area contributed by atoms with Crippen molar-refractivity contribution < 1.29 is 4.79 Å². The molecule has 4 nitrogen and oxygen atoms in total. The van der Waals surface area contributed by atoms with E-state index in [1.165, 1.54) is 11.3 Å². The molecule has 0 spiro atoms. The van der Waals surface area contributed by atoms with E-state index < -0.39 is 0 Å². The zero-order chi connectivity index (χ0) is 15.1. The second kappa shape index (κ2) is 5.42. The number of carbonyl (C=O) groups is 1. The minimum Gasteiger partial charge on any atom is -0.298 e. The molecule has 0 aliphatic carbocycles. The van der Waals surface area contributed by atoms with E-state index in [1.54, 1.807) is 23.5 Å². The Morgan fingerprint density at radius 2 is 2.00 bits per heavy atom. The lowest BCUT2D eigenvalue weighted by Crippen LogP contribution is -2.11. The monoisotopic (exact) mass is 389 g/mol. The fraction of sp³-hybridized carbons (Fsp3) is 0. The van der Waals surface area contributed by atoms with E-state index >= 15 is 0 Å². The summed E-state index contributed by atoms with van der Waals surface area (Å²) < 4.78 is 3.04. The number of rotatable bonds is 2. The van der Waals surface area contributed by atoms with Crippen molar-refractivity contribution in [2.45, 2.75) is 0 Å². The molecule has 1 N–H and O–H groups in total. The average Bonchev–Trinajstić information content (AvgIpc) is 3.11. The van der Waals surface area contributed by atoms with Gasteiger partial charge in [-0.25, -0.2) is 9.97 Å². The first-order chi connectivity index (χ1) is 10.7. The Morgan fingerprint density at radius 3 is 2.86 bits per heavy atom. The van der Waals surface area contributed by atoms with E-state index in [1.807, 2.05) is 29.8 Å².